The molecule has 1 saturated heterocycles. The highest BCUT2D eigenvalue weighted by Gasteiger charge is 2.28. The summed E-state index contributed by atoms with van der Waals surface area (Å²) in [5, 5.41) is 6.10. The second-order valence-electron chi connectivity index (χ2n) is 4.23. The second-order valence-corrected chi connectivity index (χ2v) is 5.11. The molecule has 2 N–H and O–H groups in total. The van der Waals surface area contributed by atoms with Gasteiger partial charge in [0, 0.05) is 17.1 Å². The van der Waals surface area contributed by atoms with Gasteiger partial charge in [-0.2, -0.15) is 0 Å². The van der Waals surface area contributed by atoms with Crippen molar-refractivity contribution in [2.75, 3.05) is 24.7 Å². The molecule has 2 rings (SSSR count). The fraction of sp³-hybridized carbons (Fsp3) is 0.462. The van der Waals surface area contributed by atoms with E-state index in [-0.39, 0.29) is 30.5 Å². The van der Waals surface area contributed by atoms with E-state index < -0.39 is 0 Å². The van der Waals surface area contributed by atoms with Crippen LogP contribution in [0, 0.1) is 0 Å². The van der Waals surface area contributed by atoms with Gasteiger partial charge in [-0.15, -0.1) is 24.2 Å². The second kappa shape index (κ2) is 7.75. The van der Waals surface area contributed by atoms with E-state index in [9.17, 15) is 4.79 Å². The molecule has 0 aliphatic carbocycles. The summed E-state index contributed by atoms with van der Waals surface area (Å²) < 4.78 is 5.47. The van der Waals surface area contributed by atoms with Crippen molar-refractivity contribution < 1.29 is 9.53 Å². The third kappa shape index (κ3) is 4.38. The van der Waals surface area contributed by atoms with Crippen molar-refractivity contribution in [3.63, 3.8) is 0 Å². The Bertz CT molecular complexity index is 431. The molecule has 1 aromatic rings. The Morgan fingerprint density at radius 1 is 1.53 bits per heavy atom. The van der Waals surface area contributed by atoms with Crippen molar-refractivity contribution in [3.05, 3.63) is 24.3 Å². The van der Waals surface area contributed by atoms with Crippen LogP contribution in [0.5, 0.6) is 0 Å². The first-order chi connectivity index (χ1) is 8.70. The number of halogens is 1. The first-order valence-corrected chi connectivity index (χ1v) is 7.23. The Balaban J connectivity index is 0.00000180. The summed E-state index contributed by atoms with van der Waals surface area (Å²) in [6, 6.07) is 7.54. The van der Waals surface area contributed by atoms with E-state index in [0.29, 0.717) is 13.2 Å². The number of hydrogen-bond acceptors (Lipinski definition) is 4. The van der Waals surface area contributed by atoms with Crippen LogP contribution in [0.15, 0.2) is 29.2 Å². The van der Waals surface area contributed by atoms with Crippen molar-refractivity contribution >= 4 is 35.8 Å². The molecule has 0 aromatic heterocycles. The molecule has 0 radical (unpaired) electrons. The summed E-state index contributed by atoms with van der Waals surface area (Å²) in [5.41, 5.74) is 0.825. The number of benzene rings is 1. The molecule has 1 aliphatic rings. The van der Waals surface area contributed by atoms with Crippen molar-refractivity contribution in [3.8, 4) is 0 Å². The Morgan fingerprint density at radius 3 is 3.00 bits per heavy atom. The zero-order valence-corrected chi connectivity index (χ0v) is 12.6. The number of anilines is 1. The average Bonchev–Trinajstić information content (AvgIpc) is 2.39. The molecular formula is C13H19ClN2O2S. The van der Waals surface area contributed by atoms with Crippen molar-refractivity contribution in [2.24, 2.45) is 0 Å². The van der Waals surface area contributed by atoms with E-state index in [4.69, 9.17) is 4.74 Å². The van der Waals surface area contributed by atoms with Gasteiger partial charge in [0.1, 0.15) is 6.04 Å². The number of rotatable bonds is 3. The Morgan fingerprint density at radius 2 is 2.32 bits per heavy atom. The van der Waals surface area contributed by atoms with Gasteiger partial charge in [0.05, 0.1) is 12.7 Å². The van der Waals surface area contributed by atoms with Crippen LogP contribution in [-0.2, 0) is 9.53 Å². The minimum atomic E-state index is -0.281. The number of nitrogens with one attached hydrogen (secondary N) is 2. The van der Waals surface area contributed by atoms with E-state index in [2.05, 4.69) is 10.6 Å². The van der Waals surface area contributed by atoms with E-state index >= 15 is 0 Å². The monoisotopic (exact) mass is 302 g/mol. The standard InChI is InChI=1S/C13H18N2O2S.ClH/c1-9-12(14-6-7-17-9)13(16)15-10-4-3-5-11(8-10)18-2;/h3-5,8-9,12,14H,6-7H2,1-2H3,(H,15,16);1H/t9-,12+;/m1./s1. The van der Waals surface area contributed by atoms with Gasteiger partial charge in [-0.3, -0.25) is 4.79 Å². The van der Waals surface area contributed by atoms with Gasteiger partial charge in [0.25, 0.3) is 0 Å². The lowest BCUT2D eigenvalue weighted by atomic mass is 10.1. The Kier molecular flexibility index (Phi) is 6.65. The number of thioether (sulfide) groups is 1. The van der Waals surface area contributed by atoms with Crippen LogP contribution >= 0.6 is 24.2 Å². The third-order valence-electron chi connectivity index (χ3n) is 2.94. The molecule has 0 saturated carbocycles. The van der Waals surface area contributed by atoms with Gasteiger partial charge in [-0.25, -0.2) is 0 Å². The number of amides is 1. The first-order valence-electron chi connectivity index (χ1n) is 6.00. The number of carbonyl (C=O) groups is 1. The fourth-order valence-corrected chi connectivity index (χ4v) is 2.41. The Labute approximate surface area is 124 Å². The Hall–Kier alpha value is -0.750. The van der Waals surface area contributed by atoms with Gasteiger partial charge < -0.3 is 15.4 Å². The van der Waals surface area contributed by atoms with E-state index in [1.54, 1.807) is 11.8 Å². The highest BCUT2D eigenvalue weighted by Crippen LogP contribution is 2.19. The number of carbonyl (C=O) groups excluding carboxylic acids is 1. The molecule has 4 nitrogen and oxygen atoms in total. The summed E-state index contributed by atoms with van der Waals surface area (Å²) >= 11 is 1.65. The van der Waals surface area contributed by atoms with E-state index in [1.807, 2.05) is 37.4 Å². The molecule has 106 valence electrons. The molecule has 0 bridgehead atoms. The zero-order valence-electron chi connectivity index (χ0n) is 11.0. The molecular weight excluding hydrogens is 284 g/mol. The van der Waals surface area contributed by atoms with Crippen LogP contribution < -0.4 is 10.6 Å². The minimum absolute atomic E-state index is 0. The largest absolute Gasteiger partial charge is 0.375 e. The molecule has 1 amide bonds. The van der Waals surface area contributed by atoms with Crippen LogP contribution in [0.2, 0.25) is 0 Å². The average molecular weight is 303 g/mol. The quantitative estimate of drug-likeness (QED) is 0.840. The summed E-state index contributed by atoms with van der Waals surface area (Å²) in [7, 11) is 0. The maximum atomic E-state index is 12.1. The summed E-state index contributed by atoms with van der Waals surface area (Å²) in [6.45, 7) is 3.29. The van der Waals surface area contributed by atoms with Gasteiger partial charge in [-0.05, 0) is 31.4 Å². The van der Waals surface area contributed by atoms with Crippen LogP contribution in [0.3, 0.4) is 0 Å². The predicted octanol–water partition coefficient (Wildman–Crippen LogP) is 2.15. The SMILES string of the molecule is CSc1cccc(NC(=O)[C@H]2NCCO[C@@H]2C)c1.Cl. The van der Waals surface area contributed by atoms with Gasteiger partial charge in [0.15, 0.2) is 0 Å². The van der Waals surface area contributed by atoms with Crippen molar-refractivity contribution in [1.29, 1.82) is 0 Å². The van der Waals surface area contributed by atoms with Crippen LogP contribution in [-0.4, -0.2) is 37.5 Å². The normalized spacial score (nSPS) is 22.4. The van der Waals surface area contributed by atoms with E-state index in [1.165, 1.54) is 0 Å². The molecule has 1 aromatic carbocycles. The molecule has 6 heteroatoms. The lowest BCUT2D eigenvalue weighted by Crippen LogP contribution is -2.53. The topological polar surface area (TPSA) is 50.4 Å². The maximum Gasteiger partial charge on any atom is 0.244 e. The van der Waals surface area contributed by atoms with Gasteiger partial charge in [0.2, 0.25) is 5.91 Å². The first kappa shape index (κ1) is 16.3. The van der Waals surface area contributed by atoms with Crippen molar-refractivity contribution in [1.82, 2.24) is 5.32 Å². The number of ether oxygens (including phenoxy) is 1. The molecule has 0 spiro atoms. The maximum absolute atomic E-state index is 12.1. The molecule has 2 atom stereocenters. The third-order valence-corrected chi connectivity index (χ3v) is 3.66. The molecule has 1 fully saturated rings. The summed E-state index contributed by atoms with van der Waals surface area (Å²) in [6.07, 6.45) is 1.92. The van der Waals surface area contributed by atoms with Crippen LogP contribution in [0.1, 0.15) is 6.92 Å². The lowest BCUT2D eigenvalue weighted by Gasteiger charge is -2.29. The van der Waals surface area contributed by atoms with Gasteiger partial charge in [-0.1, -0.05) is 6.07 Å². The molecule has 19 heavy (non-hydrogen) atoms. The molecule has 1 heterocycles. The van der Waals surface area contributed by atoms with Crippen LogP contribution in [0.25, 0.3) is 0 Å². The van der Waals surface area contributed by atoms with Gasteiger partial charge >= 0.3 is 0 Å². The lowest BCUT2D eigenvalue weighted by molar-refractivity contribution is -0.123. The summed E-state index contributed by atoms with van der Waals surface area (Å²) in [5.74, 6) is -0.0412. The number of hydrogen-bond donors (Lipinski definition) is 2. The predicted molar refractivity (Wildman–Crippen MR) is 81.3 cm³/mol. The fourth-order valence-electron chi connectivity index (χ4n) is 1.95. The zero-order chi connectivity index (χ0) is 13.0. The van der Waals surface area contributed by atoms with Crippen LogP contribution in [0.4, 0.5) is 5.69 Å². The number of morpholine rings is 1. The molecule has 1 aliphatic heterocycles. The smallest absolute Gasteiger partial charge is 0.244 e. The van der Waals surface area contributed by atoms with E-state index in [0.717, 1.165) is 10.6 Å². The molecule has 0 unspecified atom stereocenters. The minimum Gasteiger partial charge on any atom is -0.375 e. The highest BCUT2D eigenvalue weighted by molar-refractivity contribution is 7.98. The van der Waals surface area contributed by atoms with Crippen molar-refractivity contribution in [2.45, 2.75) is 24.0 Å². The highest BCUT2D eigenvalue weighted by atomic mass is 35.5. The summed E-state index contributed by atoms with van der Waals surface area (Å²) in [4.78, 5) is 13.3.